The first kappa shape index (κ1) is 18.0. The lowest BCUT2D eigenvalue weighted by Gasteiger charge is -2.25. The van der Waals surface area contributed by atoms with E-state index in [1.54, 1.807) is 0 Å². The van der Waals surface area contributed by atoms with Crippen LogP contribution < -0.4 is 4.74 Å². The molecule has 0 saturated heterocycles. The van der Waals surface area contributed by atoms with Crippen LogP contribution in [0.4, 0.5) is 0 Å². The predicted molar refractivity (Wildman–Crippen MR) is 107 cm³/mol. The van der Waals surface area contributed by atoms with Gasteiger partial charge in [-0.05, 0) is 96.4 Å². The highest BCUT2D eigenvalue weighted by molar-refractivity contribution is 5.50. The van der Waals surface area contributed by atoms with Gasteiger partial charge in [0.1, 0.15) is 5.75 Å². The third-order valence-electron chi connectivity index (χ3n) is 6.08. The minimum Gasteiger partial charge on any atom is -0.496 e. The highest BCUT2D eigenvalue weighted by Gasteiger charge is 2.21. The van der Waals surface area contributed by atoms with E-state index in [1.165, 1.54) is 44.5 Å². The van der Waals surface area contributed by atoms with Gasteiger partial charge >= 0.3 is 0 Å². The summed E-state index contributed by atoms with van der Waals surface area (Å²) in [6.45, 7) is 13.7. The minimum absolute atomic E-state index is 0.163. The minimum atomic E-state index is 0.163. The molecule has 0 radical (unpaired) electrons. The van der Waals surface area contributed by atoms with Crippen LogP contribution >= 0.6 is 0 Å². The van der Waals surface area contributed by atoms with Gasteiger partial charge in [0.2, 0.25) is 0 Å². The second-order valence-electron chi connectivity index (χ2n) is 8.65. The highest BCUT2D eigenvalue weighted by atomic mass is 16.5. The second kappa shape index (κ2) is 6.52. The first-order chi connectivity index (χ1) is 11.7. The van der Waals surface area contributed by atoms with Crippen molar-refractivity contribution in [3.8, 4) is 5.75 Å². The molecule has 0 fully saturated rings. The summed E-state index contributed by atoms with van der Waals surface area (Å²) in [7, 11) is 1.82. The quantitative estimate of drug-likeness (QED) is 0.639. The smallest absolute Gasteiger partial charge is 0.125 e. The molecule has 0 unspecified atom stereocenters. The molecule has 0 spiro atoms. The summed E-state index contributed by atoms with van der Waals surface area (Å²) in [4.78, 5) is 0. The molecule has 0 saturated carbocycles. The molecule has 1 aliphatic carbocycles. The summed E-state index contributed by atoms with van der Waals surface area (Å²) in [5, 5.41) is 0. The Kier molecular flexibility index (Phi) is 4.70. The number of rotatable bonds is 1. The number of aryl methyl sites for hydroxylation is 4. The van der Waals surface area contributed by atoms with Crippen LogP contribution in [0.5, 0.6) is 5.75 Å². The standard InChI is InChI=1S/C24H32O/c1-15-16(2)18-8-10-20-13-22(24(4,5)6)14-21(23(20)25-7)11-9-19(12-18)17(15)3/h12-14H,8-11H2,1-7H3. The number of hydrogen-bond acceptors (Lipinski definition) is 1. The molecule has 0 amide bonds. The van der Waals surface area contributed by atoms with Gasteiger partial charge in [-0.15, -0.1) is 0 Å². The van der Waals surface area contributed by atoms with E-state index in [0.717, 1.165) is 31.4 Å². The number of methoxy groups -OCH3 is 1. The fourth-order valence-corrected chi connectivity index (χ4v) is 4.07. The SMILES string of the molecule is COc1c2cc(C(C)(C)C)cc1CCc1cc(c(C)c(C)c1C)CC2. The van der Waals surface area contributed by atoms with Crippen LogP contribution in [-0.4, -0.2) is 7.11 Å². The molecule has 0 heterocycles. The van der Waals surface area contributed by atoms with Crippen LogP contribution in [0.1, 0.15) is 65.3 Å². The molecule has 4 bridgehead atoms. The summed E-state index contributed by atoms with van der Waals surface area (Å²) in [5.74, 6) is 1.12. The van der Waals surface area contributed by atoms with Gasteiger partial charge in [-0.3, -0.25) is 0 Å². The molecular weight excluding hydrogens is 304 g/mol. The fourth-order valence-electron chi connectivity index (χ4n) is 4.07. The number of benzene rings is 2. The number of ether oxygens (including phenoxy) is 1. The van der Waals surface area contributed by atoms with Crippen LogP contribution in [0.2, 0.25) is 0 Å². The average Bonchev–Trinajstić information content (AvgIpc) is 2.56. The summed E-state index contributed by atoms with van der Waals surface area (Å²) < 4.78 is 5.87. The van der Waals surface area contributed by atoms with Crippen molar-refractivity contribution in [3.63, 3.8) is 0 Å². The van der Waals surface area contributed by atoms with Crippen LogP contribution in [0.15, 0.2) is 18.2 Å². The van der Waals surface area contributed by atoms with Gasteiger partial charge in [-0.1, -0.05) is 39.0 Å². The zero-order chi connectivity index (χ0) is 18.4. The van der Waals surface area contributed by atoms with Gasteiger partial charge < -0.3 is 4.74 Å². The molecule has 1 nitrogen and oxygen atoms in total. The normalized spacial score (nSPS) is 14.4. The van der Waals surface area contributed by atoms with Gasteiger partial charge in [0.05, 0.1) is 7.11 Å². The van der Waals surface area contributed by atoms with Gasteiger partial charge in [-0.25, -0.2) is 0 Å². The van der Waals surface area contributed by atoms with Crippen LogP contribution in [0.3, 0.4) is 0 Å². The van der Waals surface area contributed by atoms with Crippen molar-refractivity contribution in [2.24, 2.45) is 0 Å². The number of hydrogen-bond donors (Lipinski definition) is 0. The van der Waals surface area contributed by atoms with E-state index < -0.39 is 0 Å². The van der Waals surface area contributed by atoms with Gasteiger partial charge in [0.15, 0.2) is 0 Å². The predicted octanol–water partition coefficient (Wildman–Crippen LogP) is 5.80. The summed E-state index contributed by atoms with van der Waals surface area (Å²) in [6, 6.07) is 7.21. The lowest BCUT2D eigenvalue weighted by molar-refractivity contribution is 0.403. The van der Waals surface area contributed by atoms with Crippen LogP contribution in [0.25, 0.3) is 0 Å². The maximum Gasteiger partial charge on any atom is 0.125 e. The molecule has 0 aromatic heterocycles. The molecule has 3 rings (SSSR count). The fraction of sp³-hybridized carbons (Fsp3) is 0.500. The molecule has 25 heavy (non-hydrogen) atoms. The van der Waals surface area contributed by atoms with Crippen molar-refractivity contribution in [2.75, 3.05) is 7.11 Å². The topological polar surface area (TPSA) is 9.23 Å². The van der Waals surface area contributed by atoms with Crippen molar-refractivity contribution in [3.05, 3.63) is 62.7 Å². The van der Waals surface area contributed by atoms with Crippen molar-refractivity contribution < 1.29 is 4.74 Å². The Hall–Kier alpha value is -1.76. The molecule has 0 atom stereocenters. The average molecular weight is 337 g/mol. The Bertz CT molecular complexity index is 753. The zero-order valence-corrected chi connectivity index (χ0v) is 17.0. The maximum atomic E-state index is 5.87. The van der Waals surface area contributed by atoms with E-state index in [0.29, 0.717) is 0 Å². The lowest BCUT2D eigenvalue weighted by Crippen LogP contribution is -2.14. The second-order valence-corrected chi connectivity index (χ2v) is 8.65. The van der Waals surface area contributed by atoms with E-state index in [2.05, 4.69) is 59.7 Å². The Labute approximate surface area is 153 Å². The maximum absolute atomic E-state index is 5.87. The molecular formula is C24H32O. The summed E-state index contributed by atoms with van der Waals surface area (Å²) in [5.41, 5.74) is 11.7. The molecule has 0 N–H and O–H groups in total. The van der Waals surface area contributed by atoms with Crippen molar-refractivity contribution in [1.82, 2.24) is 0 Å². The van der Waals surface area contributed by atoms with E-state index >= 15 is 0 Å². The molecule has 2 aromatic carbocycles. The molecule has 1 aliphatic rings. The highest BCUT2D eigenvalue weighted by Crippen LogP contribution is 2.35. The Balaban J connectivity index is 2.15. The molecule has 0 aliphatic heterocycles. The van der Waals surface area contributed by atoms with E-state index in [9.17, 15) is 0 Å². The monoisotopic (exact) mass is 336 g/mol. The van der Waals surface area contributed by atoms with Gasteiger partial charge in [-0.2, -0.15) is 0 Å². The van der Waals surface area contributed by atoms with E-state index in [-0.39, 0.29) is 5.41 Å². The Morgan fingerprint density at radius 2 is 1.12 bits per heavy atom. The third-order valence-corrected chi connectivity index (χ3v) is 6.08. The number of fused-ring (bicyclic) bond motifs is 4. The summed E-state index contributed by atoms with van der Waals surface area (Å²) >= 11 is 0. The van der Waals surface area contributed by atoms with E-state index in [1.807, 2.05) is 7.11 Å². The first-order valence-electron chi connectivity index (χ1n) is 9.51. The van der Waals surface area contributed by atoms with E-state index in [4.69, 9.17) is 4.74 Å². The Morgan fingerprint density at radius 1 is 0.680 bits per heavy atom. The lowest BCUT2D eigenvalue weighted by atomic mass is 9.81. The largest absolute Gasteiger partial charge is 0.496 e. The molecule has 2 aromatic rings. The zero-order valence-electron chi connectivity index (χ0n) is 17.0. The molecule has 1 heteroatoms. The molecule has 134 valence electrons. The Morgan fingerprint density at radius 3 is 1.52 bits per heavy atom. The van der Waals surface area contributed by atoms with Crippen molar-refractivity contribution in [2.45, 2.75) is 72.6 Å². The van der Waals surface area contributed by atoms with Gasteiger partial charge in [0.25, 0.3) is 0 Å². The van der Waals surface area contributed by atoms with Crippen molar-refractivity contribution in [1.29, 1.82) is 0 Å². The summed E-state index contributed by atoms with van der Waals surface area (Å²) in [6.07, 6.45) is 4.26. The third kappa shape index (κ3) is 3.34. The van der Waals surface area contributed by atoms with Gasteiger partial charge in [0, 0.05) is 0 Å². The van der Waals surface area contributed by atoms with Crippen LogP contribution in [0, 0.1) is 20.8 Å². The first-order valence-corrected chi connectivity index (χ1v) is 9.51. The van der Waals surface area contributed by atoms with Crippen LogP contribution in [-0.2, 0) is 31.1 Å². The van der Waals surface area contributed by atoms with Crippen molar-refractivity contribution >= 4 is 0 Å².